The van der Waals surface area contributed by atoms with E-state index in [9.17, 15) is 14.9 Å². The molecule has 0 aliphatic rings. The van der Waals surface area contributed by atoms with Crippen molar-refractivity contribution in [1.29, 1.82) is 0 Å². The number of carboxylic acid groups (broad SMARTS) is 1. The Hall–Kier alpha value is -1.95. The summed E-state index contributed by atoms with van der Waals surface area (Å²) in [6, 6.07) is 6.32. The number of nitro benzene ring substituents is 1. The first-order valence-electron chi connectivity index (χ1n) is 6.57. The lowest BCUT2D eigenvalue weighted by atomic mass is 9.97. The fourth-order valence-corrected chi connectivity index (χ4v) is 2.01. The van der Waals surface area contributed by atoms with Crippen molar-refractivity contribution in [3.63, 3.8) is 0 Å². The molecule has 110 valence electrons. The first kappa shape index (κ1) is 16.1. The second-order valence-electron chi connectivity index (χ2n) is 5.22. The van der Waals surface area contributed by atoms with Gasteiger partial charge in [0.2, 0.25) is 0 Å². The molecule has 1 rings (SSSR count). The minimum atomic E-state index is -0.815. The molecule has 0 fully saturated rings. The van der Waals surface area contributed by atoms with Crippen molar-refractivity contribution in [3.8, 4) is 0 Å². The molecule has 0 aromatic heterocycles. The maximum absolute atomic E-state index is 11.1. The Bertz CT molecular complexity index is 474. The molecule has 0 spiro atoms. The highest BCUT2D eigenvalue weighted by Crippen LogP contribution is 2.14. The van der Waals surface area contributed by atoms with Crippen molar-refractivity contribution in [2.75, 3.05) is 6.54 Å². The molecular formula is C14H20N2O4. The van der Waals surface area contributed by atoms with Gasteiger partial charge in [-0.15, -0.1) is 0 Å². The summed E-state index contributed by atoms with van der Waals surface area (Å²) in [5.74, 6) is -0.936. The molecule has 0 heterocycles. The lowest BCUT2D eigenvalue weighted by Crippen LogP contribution is -2.29. The van der Waals surface area contributed by atoms with Gasteiger partial charge in [0.1, 0.15) is 0 Å². The van der Waals surface area contributed by atoms with E-state index in [1.165, 1.54) is 12.1 Å². The van der Waals surface area contributed by atoms with Gasteiger partial charge in [0.05, 0.1) is 10.8 Å². The van der Waals surface area contributed by atoms with Gasteiger partial charge in [0.25, 0.3) is 5.69 Å². The first-order valence-corrected chi connectivity index (χ1v) is 6.57. The van der Waals surface area contributed by atoms with E-state index in [0.717, 1.165) is 5.56 Å². The Labute approximate surface area is 118 Å². The average Bonchev–Trinajstić information content (AvgIpc) is 2.37. The fraction of sp³-hybridized carbons (Fsp3) is 0.500. The zero-order valence-corrected chi connectivity index (χ0v) is 11.7. The SMILES string of the molecule is CC(C)CC(CNCc1cccc([N+](=O)[O-])c1)C(=O)O. The fourth-order valence-electron chi connectivity index (χ4n) is 2.01. The zero-order valence-electron chi connectivity index (χ0n) is 11.7. The molecule has 1 aromatic carbocycles. The molecule has 1 unspecified atom stereocenters. The van der Waals surface area contributed by atoms with Gasteiger partial charge in [-0.25, -0.2) is 0 Å². The third-order valence-electron chi connectivity index (χ3n) is 2.95. The number of benzene rings is 1. The maximum atomic E-state index is 11.1. The number of aliphatic carboxylic acids is 1. The largest absolute Gasteiger partial charge is 0.481 e. The van der Waals surface area contributed by atoms with Crippen molar-refractivity contribution in [2.24, 2.45) is 11.8 Å². The predicted octanol–water partition coefficient (Wildman–Crippen LogP) is 2.43. The van der Waals surface area contributed by atoms with Crippen LogP contribution in [0.1, 0.15) is 25.8 Å². The van der Waals surface area contributed by atoms with Crippen LogP contribution in [0.4, 0.5) is 5.69 Å². The van der Waals surface area contributed by atoms with E-state index in [1.807, 2.05) is 13.8 Å². The highest BCUT2D eigenvalue weighted by Gasteiger charge is 2.18. The summed E-state index contributed by atoms with van der Waals surface area (Å²) in [6.45, 7) is 4.74. The van der Waals surface area contributed by atoms with Crippen LogP contribution in [0.15, 0.2) is 24.3 Å². The average molecular weight is 280 g/mol. The van der Waals surface area contributed by atoms with E-state index in [2.05, 4.69) is 5.32 Å². The number of non-ortho nitro benzene ring substituents is 1. The van der Waals surface area contributed by atoms with Gasteiger partial charge in [-0.3, -0.25) is 14.9 Å². The Morgan fingerprint density at radius 2 is 2.15 bits per heavy atom. The Balaban J connectivity index is 2.52. The molecular weight excluding hydrogens is 260 g/mol. The Morgan fingerprint density at radius 1 is 1.45 bits per heavy atom. The van der Waals surface area contributed by atoms with E-state index in [0.29, 0.717) is 25.4 Å². The third kappa shape index (κ3) is 5.36. The van der Waals surface area contributed by atoms with Crippen molar-refractivity contribution in [1.82, 2.24) is 5.32 Å². The van der Waals surface area contributed by atoms with Gasteiger partial charge in [-0.05, 0) is 17.9 Å². The topological polar surface area (TPSA) is 92.5 Å². The number of nitro groups is 1. The molecule has 0 aliphatic heterocycles. The van der Waals surface area contributed by atoms with Crippen LogP contribution in [0.25, 0.3) is 0 Å². The van der Waals surface area contributed by atoms with Gasteiger partial charge in [0, 0.05) is 25.2 Å². The summed E-state index contributed by atoms with van der Waals surface area (Å²) in [5, 5.41) is 22.8. The summed E-state index contributed by atoms with van der Waals surface area (Å²) < 4.78 is 0. The summed E-state index contributed by atoms with van der Waals surface area (Å²) in [7, 11) is 0. The lowest BCUT2D eigenvalue weighted by Gasteiger charge is -2.15. The molecule has 1 atom stereocenters. The molecule has 0 aliphatic carbocycles. The van der Waals surface area contributed by atoms with Gasteiger partial charge in [0.15, 0.2) is 0 Å². The number of nitrogens with zero attached hydrogens (tertiary/aromatic N) is 1. The maximum Gasteiger partial charge on any atom is 0.307 e. The van der Waals surface area contributed by atoms with Crippen LogP contribution < -0.4 is 5.32 Å². The van der Waals surface area contributed by atoms with Gasteiger partial charge in [-0.2, -0.15) is 0 Å². The molecule has 0 saturated carbocycles. The summed E-state index contributed by atoms with van der Waals surface area (Å²) >= 11 is 0. The number of nitrogens with one attached hydrogen (secondary N) is 1. The van der Waals surface area contributed by atoms with Crippen LogP contribution in [-0.4, -0.2) is 22.5 Å². The zero-order chi connectivity index (χ0) is 15.1. The summed E-state index contributed by atoms with van der Waals surface area (Å²) in [6.07, 6.45) is 0.608. The molecule has 1 aromatic rings. The molecule has 6 heteroatoms. The third-order valence-corrected chi connectivity index (χ3v) is 2.95. The highest BCUT2D eigenvalue weighted by atomic mass is 16.6. The lowest BCUT2D eigenvalue weighted by molar-refractivity contribution is -0.384. The van der Waals surface area contributed by atoms with E-state index in [-0.39, 0.29) is 5.69 Å². The second kappa shape index (κ2) is 7.59. The number of carbonyl (C=O) groups is 1. The van der Waals surface area contributed by atoms with Crippen LogP contribution in [0, 0.1) is 22.0 Å². The van der Waals surface area contributed by atoms with E-state index < -0.39 is 16.8 Å². The van der Waals surface area contributed by atoms with Crippen LogP contribution >= 0.6 is 0 Å². The number of rotatable bonds is 8. The number of hydrogen-bond donors (Lipinski definition) is 2. The molecule has 6 nitrogen and oxygen atoms in total. The molecule has 0 radical (unpaired) electrons. The monoisotopic (exact) mass is 280 g/mol. The predicted molar refractivity (Wildman–Crippen MR) is 75.4 cm³/mol. The standard InChI is InChI=1S/C14H20N2O4/c1-10(2)6-12(14(17)18)9-15-8-11-4-3-5-13(7-11)16(19)20/h3-5,7,10,12,15H,6,8-9H2,1-2H3,(H,17,18). The molecule has 0 bridgehead atoms. The van der Waals surface area contributed by atoms with Crippen molar-refractivity contribution >= 4 is 11.7 Å². The quantitative estimate of drug-likeness (QED) is 0.563. The summed E-state index contributed by atoms with van der Waals surface area (Å²) in [5.41, 5.74) is 0.814. The molecule has 0 saturated heterocycles. The first-order chi connectivity index (χ1) is 9.40. The van der Waals surface area contributed by atoms with Gasteiger partial charge >= 0.3 is 5.97 Å². The van der Waals surface area contributed by atoms with Crippen LogP contribution in [0.5, 0.6) is 0 Å². The van der Waals surface area contributed by atoms with Crippen LogP contribution in [0.3, 0.4) is 0 Å². The number of hydrogen-bond acceptors (Lipinski definition) is 4. The summed E-state index contributed by atoms with van der Waals surface area (Å²) in [4.78, 5) is 21.3. The minimum absolute atomic E-state index is 0.0428. The van der Waals surface area contributed by atoms with Gasteiger partial charge < -0.3 is 10.4 Å². The number of carboxylic acids is 1. The van der Waals surface area contributed by atoms with E-state index >= 15 is 0 Å². The van der Waals surface area contributed by atoms with E-state index in [1.54, 1.807) is 12.1 Å². The normalized spacial score (nSPS) is 12.3. The van der Waals surface area contributed by atoms with Crippen molar-refractivity contribution in [3.05, 3.63) is 39.9 Å². The molecule has 0 amide bonds. The van der Waals surface area contributed by atoms with Crippen molar-refractivity contribution < 1.29 is 14.8 Å². The Kier molecular flexibility index (Phi) is 6.11. The Morgan fingerprint density at radius 3 is 2.70 bits per heavy atom. The van der Waals surface area contributed by atoms with Crippen LogP contribution in [0.2, 0.25) is 0 Å². The highest BCUT2D eigenvalue weighted by molar-refractivity contribution is 5.70. The molecule has 2 N–H and O–H groups in total. The van der Waals surface area contributed by atoms with Crippen molar-refractivity contribution in [2.45, 2.75) is 26.8 Å². The van der Waals surface area contributed by atoms with E-state index in [4.69, 9.17) is 5.11 Å². The molecule has 20 heavy (non-hydrogen) atoms. The van der Waals surface area contributed by atoms with Gasteiger partial charge in [-0.1, -0.05) is 26.0 Å². The second-order valence-corrected chi connectivity index (χ2v) is 5.22. The minimum Gasteiger partial charge on any atom is -0.481 e. The van der Waals surface area contributed by atoms with Crippen LogP contribution in [-0.2, 0) is 11.3 Å². The smallest absolute Gasteiger partial charge is 0.307 e.